The first-order chi connectivity index (χ1) is 7.69. The van der Waals surface area contributed by atoms with Crippen LogP contribution in [0.15, 0.2) is 36.9 Å². The Morgan fingerprint density at radius 1 is 1.56 bits per heavy atom. The van der Waals surface area contributed by atoms with Crippen molar-refractivity contribution in [3.05, 3.63) is 47.5 Å². The molecule has 84 valence electrons. The second kappa shape index (κ2) is 4.30. The summed E-state index contributed by atoms with van der Waals surface area (Å²) < 4.78 is 0. The topological polar surface area (TPSA) is 29.1 Å². The molecule has 0 aliphatic heterocycles. The Bertz CT molecular complexity index is 424. The van der Waals surface area contributed by atoms with Crippen LogP contribution in [0.1, 0.15) is 18.4 Å². The van der Waals surface area contributed by atoms with Crippen molar-refractivity contribution in [3.8, 4) is 0 Å². The molecular formula is C13H14ClNO. The third kappa shape index (κ3) is 1.98. The molecule has 1 aromatic carbocycles. The second-order valence-electron chi connectivity index (χ2n) is 4.09. The van der Waals surface area contributed by atoms with E-state index in [-0.39, 0.29) is 11.3 Å². The SMILES string of the molecule is C=CCNC(=O)C1(c2cccc(Cl)c2)CC1. The molecular weight excluding hydrogens is 222 g/mol. The van der Waals surface area contributed by atoms with Crippen LogP contribution >= 0.6 is 11.6 Å². The molecule has 1 N–H and O–H groups in total. The van der Waals surface area contributed by atoms with Crippen molar-refractivity contribution in [2.75, 3.05) is 6.54 Å². The smallest absolute Gasteiger partial charge is 0.230 e. The van der Waals surface area contributed by atoms with E-state index in [1.807, 2.05) is 24.3 Å². The molecule has 0 bridgehead atoms. The van der Waals surface area contributed by atoms with Crippen molar-refractivity contribution >= 4 is 17.5 Å². The summed E-state index contributed by atoms with van der Waals surface area (Å²) in [5, 5.41) is 3.53. The number of hydrogen-bond donors (Lipinski definition) is 1. The number of halogens is 1. The number of nitrogens with one attached hydrogen (secondary N) is 1. The maximum Gasteiger partial charge on any atom is 0.230 e. The lowest BCUT2D eigenvalue weighted by Gasteiger charge is -2.15. The van der Waals surface area contributed by atoms with Gasteiger partial charge in [0.05, 0.1) is 5.41 Å². The molecule has 16 heavy (non-hydrogen) atoms. The molecule has 1 aromatic rings. The zero-order valence-electron chi connectivity index (χ0n) is 9.00. The minimum Gasteiger partial charge on any atom is -0.352 e. The van der Waals surface area contributed by atoms with Gasteiger partial charge in [0.2, 0.25) is 5.91 Å². The van der Waals surface area contributed by atoms with Gasteiger partial charge in [-0.15, -0.1) is 6.58 Å². The zero-order chi connectivity index (χ0) is 11.6. The zero-order valence-corrected chi connectivity index (χ0v) is 9.76. The number of hydrogen-bond acceptors (Lipinski definition) is 1. The number of rotatable bonds is 4. The van der Waals surface area contributed by atoms with Gasteiger partial charge < -0.3 is 5.32 Å². The Balaban J connectivity index is 2.19. The van der Waals surface area contributed by atoms with Crippen LogP contribution in [-0.4, -0.2) is 12.5 Å². The normalized spacial score (nSPS) is 16.6. The molecule has 1 aliphatic rings. The fourth-order valence-electron chi connectivity index (χ4n) is 1.89. The summed E-state index contributed by atoms with van der Waals surface area (Å²) in [7, 11) is 0. The standard InChI is InChI=1S/C13H14ClNO/c1-2-8-15-12(16)13(6-7-13)10-4-3-5-11(14)9-10/h2-5,9H,1,6-8H2,(H,15,16). The van der Waals surface area contributed by atoms with Crippen LogP contribution in [0, 0.1) is 0 Å². The van der Waals surface area contributed by atoms with Crippen LogP contribution in [0.4, 0.5) is 0 Å². The van der Waals surface area contributed by atoms with E-state index < -0.39 is 0 Å². The van der Waals surface area contributed by atoms with Gasteiger partial charge in [-0.1, -0.05) is 29.8 Å². The van der Waals surface area contributed by atoms with Gasteiger partial charge in [0.15, 0.2) is 0 Å². The van der Waals surface area contributed by atoms with Crippen LogP contribution in [0.25, 0.3) is 0 Å². The molecule has 0 unspecified atom stereocenters. The highest BCUT2D eigenvalue weighted by molar-refractivity contribution is 6.30. The molecule has 0 aromatic heterocycles. The Hall–Kier alpha value is -1.28. The second-order valence-corrected chi connectivity index (χ2v) is 4.53. The molecule has 0 heterocycles. The molecule has 1 amide bonds. The first kappa shape index (κ1) is 11.2. The largest absolute Gasteiger partial charge is 0.352 e. The Kier molecular flexibility index (Phi) is 3.01. The molecule has 0 radical (unpaired) electrons. The van der Waals surface area contributed by atoms with Crippen molar-refractivity contribution in [2.24, 2.45) is 0 Å². The van der Waals surface area contributed by atoms with E-state index in [1.165, 1.54) is 0 Å². The van der Waals surface area contributed by atoms with Crippen molar-refractivity contribution < 1.29 is 4.79 Å². The van der Waals surface area contributed by atoms with Gasteiger partial charge in [0.25, 0.3) is 0 Å². The molecule has 2 rings (SSSR count). The summed E-state index contributed by atoms with van der Waals surface area (Å²) in [5.41, 5.74) is 0.676. The number of carbonyl (C=O) groups excluding carboxylic acids is 1. The summed E-state index contributed by atoms with van der Waals surface area (Å²) >= 11 is 5.94. The summed E-state index contributed by atoms with van der Waals surface area (Å²) in [6, 6.07) is 7.55. The fourth-order valence-corrected chi connectivity index (χ4v) is 2.08. The molecule has 0 atom stereocenters. The molecule has 1 saturated carbocycles. The van der Waals surface area contributed by atoms with Gasteiger partial charge in [-0.05, 0) is 30.5 Å². The first-order valence-corrected chi connectivity index (χ1v) is 5.72. The fraction of sp³-hybridized carbons (Fsp3) is 0.308. The lowest BCUT2D eigenvalue weighted by atomic mass is 9.95. The quantitative estimate of drug-likeness (QED) is 0.799. The molecule has 1 aliphatic carbocycles. The van der Waals surface area contributed by atoms with Gasteiger partial charge in [-0.25, -0.2) is 0 Å². The minimum atomic E-state index is -0.339. The van der Waals surface area contributed by atoms with Gasteiger partial charge in [0, 0.05) is 11.6 Å². The maximum atomic E-state index is 12.0. The van der Waals surface area contributed by atoms with Crippen molar-refractivity contribution in [1.82, 2.24) is 5.32 Å². The van der Waals surface area contributed by atoms with Gasteiger partial charge in [0.1, 0.15) is 0 Å². The first-order valence-electron chi connectivity index (χ1n) is 5.34. The van der Waals surface area contributed by atoms with E-state index in [1.54, 1.807) is 6.08 Å². The molecule has 1 fully saturated rings. The van der Waals surface area contributed by atoms with E-state index in [0.29, 0.717) is 11.6 Å². The molecule has 3 heteroatoms. The Morgan fingerprint density at radius 2 is 2.31 bits per heavy atom. The Morgan fingerprint density at radius 3 is 2.88 bits per heavy atom. The monoisotopic (exact) mass is 235 g/mol. The van der Waals surface area contributed by atoms with Crippen LogP contribution in [0.2, 0.25) is 5.02 Å². The highest BCUT2D eigenvalue weighted by atomic mass is 35.5. The van der Waals surface area contributed by atoms with Crippen molar-refractivity contribution in [3.63, 3.8) is 0 Å². The van der Waals surface area contributed by atoms with Gasteiger partial charge in [-0.3, -0.25) is 4.79 Å². The minimum absolute atomic E-state index is 0.0784. The predicted octanol–water partition coefficient (Wildman–Crippen LogP) is 2.67. The highest BCUT2D eigenvalue weighted by Crippen LogP contribution is 2.48. The van der Waals surface area contributed by atoms with Crippen LogP contribution < -0.4 is 5.32 Å². The predicted molar refractivity (Wildman–Crippen MR) is 65.6 cm³/mol. The van der Waals surface area contributed by atoms with Gasteiger partial charge in [-0.2, -0.15) is 0 Å². The molecule has 0 spiro atoms. The summed E-state index contributed by atoms with van der Waals surface area (Å²) in [6.45, 7) is 4.10. The number of benzene rings is 1. The van der Waals surface area contributed by atoms with E-state index in [2.05, 4.69) is 11.9 Å². The summed E-state index contributed by atoms with van der Waals surface area (Å²) in [6.07, 6.45) is 3.48. The molecule has 0 saturated heterocycles. The lowest BCUT2D eigenvalue weighted by molar-refractivity contribution is -0.123. The van der Waals surface area contributed by atoms with E-state index >= 15 is 0 Å². The third-order valence-electron chi connectivity index (χ3n) is 2.97. The summed E-state index contributed by atoms with van der Waals surface area (Å²) in [4.78, 5) is 12.0. The van der Waals surface area contributed by atoms with Crippen LogP contribution in [-0.2, 0) is 10.2 Å². The van der Waals surface area contributed by atoms with E-state index in [9.17, 15) is 4.79 Å². The maximum absolute atomic E-state index is 12.0. The lowest BCUT2D eigenvalue weighted by Crippen LogP contribution is -2.34. The van der Waals surface area contributed by atoms with E-state index in [0.717, 1.165) is 18.4 Å². The van der Waals surface area contributed by atoms with Gasteiger partial charge >= 0.3 is 0 Å². The number of carbonyl (C=O) groups is 1. The average molecular weight is 236 g/mol. The van der Waals surface area contributed by atoms with Crippen LogP contribution in [0.3, 0.4) is 0 Å². The van der Waals surface area contributed by atoms with Crippen LogP contribution in [0.5, 0.6) is 0 Å². The third-order valence-corrected chi connectivity index (χ3v) is 3.20. The van der Waals surface area contributed by atoms with Crippen molar-refractivity contribution in [2.45, 2.75) is 18.3 Å². The number of amides is 1. The summed E-state index contributed by atoms with van der Waals surface area (Å²) in [5.74, 6) is 0.0784. The average Bonchev–Trinajstić information content (AvgIpc) is 3.07. The Labute approximate surface area is 100 Å². The van der Waals surface area contributed by atoms with E-state index in [4.69, 9.17) is 11.6 Å². The van der Waals surface area contributed by atoms with Crippen molar-refractivity contribution in [1.29, 1.82) is 0 Å². The molecule has 2 nitrogen and oxygen atoms in total. The highest BCUT2D eigenvalue weighted by Gasteiger charge is 2.50.